The van der Waals surface area contributed by atoms with Gasteiger partial charge in [0, 0.05) is 81.4 Å². The number of aromatic nitrogens is 4. The molecule has 4 aromatic carbocycles. The van der Waals surface area contributed by atoms with E-state index in [1.165, 1.54) is 0 Å². The molecule has 372 valence electrons. The van der Waals surface area contributed by atoms with Gasteiger partial charge in [-0.25, -0.2) is 9.59 Å². The molecule has 2 aliphatic heterocycles. The molecule has 6 heterocycles. The summed E-state index contributed by atoms with van der Waals surface area (Å²) in [6.07, 6.45) is -5.46. The number of rotatable bonds is 10. The predicted octanol–water partition coefficient (Wildman–Crippen LogP) is 12.4. The minimum Gasteiger partial charge on any atom is -0.493 e. The van der Waals surface area contributed by atoms with Crippen molar-refractivity contribution < 1.29 is 65.1 Å². The second-order valence-electron chi connectivity index (χ2n) is 18.6. The lowest BCUT2D eigenvalue weighted by molar-refractivity contribution is -0.277. The summed E-state index contributed by atoms with van der Waals surface area (Å²) in [6, 6.07) is 21.2. The summed E-state index contributed by atoms with van der Waals surface area (Å²) < 4.78 is 105. The number of carboxylic acid groups (broad SMARTS) is 2. The van der Waals surface area contributed by atoms with Crippen LogP contribution in [0.1, 0.15) is 73.3 Å². The van der Waals surface area contributed by atoms with E-state index in [0.29, 0.717) is 104 Å². The van der Waals surface area contributed by atoms with E-state index in [1.54, 1.807) is 99.3 Å². The van der Waals surface area contributed by atoms with E-state index >= 15 is 0 Å². The average Bonchev–Trinajstić information content (AvgIpc) is 3.32. The van der Waals surface area contributed by atoms with Crippen LogP contribution in [0.15, 0.2) is 97.6 Å². The SMILES string of the molecule is Cc1cc2ncccc2c(-c2ccc3c4c(ccnc24)CCO3)c1[C@@H](OC(C)(C)C(F)(F)F)C(=O)O.Cc1cc2ncccc2c(-c2ccc3c4c(ccnc24)CCO3)c1[C@H](OC(C)(C)C(F)(F)F)C(=O)O. The topological polar surface area (TPSA) is 163 Å². The highest BCUT2D eigenvalue weighted by Gasteiger charge is 2.53. The molecule has 4 aromatic heterocycles. The molecule has 12 nitrogen and oxygen atoms in total. The molecule has 0 aliphatic carbocycles. The molecule has 0 fully saturated rings. The Balaban J connectivity index is 0.000000178. The number of carbonyl (C=O) groups is 2. The second-order valence-corrected chi connectivity index (χ2v) is 18.6. The maximum absolute atomic E-state index is 13.7. The number of nitrogens with zero attached hydrogens (tertiary/aromatic N) is 4. The van der Waals surface area contributed by atoms with E-state index in [2.05, 4.69) is 19.9 Å². The van der Waals surface area contributed by atoms with Gasteiger partial charge < -0.3 is 29.2 Å². The first-order valence-electron chi connectivity index (χ1n) is 22.8. The van der Waals surface area contributed by atoms with Gasteiger partial charge in [-0.05, 0) is 136 Å². The number of halogens is 6. The van der Waals surface area contributed by atoms with Gasteiger partial charge in [-0.3, -0.25) is 19.9 Å². The highest BCUT2D eigenvalue weighted by molar-refractivity contribution is 6.09. The molecular weight excluding hydrogens is 947 g/mol. The number of pyridine rings is 4. The van der Waals surface area contributed by atoms with Gasteiger partial charge in [0.05, 0.1) is 35.3 Å². The third-order valence-electron chi connectivity index (χ3n) is 13.2. The van der Waals surface area contributed by atoms with Gasteiger partial charge in [0.15, 0.2) is 23.4 Å². The number of ether oxygens (including phenoxy) is 4. The van der Waals surface area contributed by atoms with Gasteiger partial charge in [0.2, 0.25) is 0 Å². The summed E-state index contributed by atoms with van der Waals surface area (Å²) in [5.41, 5.74) is 2.04. The lowest BCUT2D eigenvalue weighted by atomic mass is 9.86. The molecule has 10 rings (SSSR count). The van der Waals surface area contributed by atoms with Crippen LogP contribution in [0.3, 0.4) is 0 Å². The fourth-order valence-electron chi connectivity index (χ4n) is 9.39. The van der Waals surface area contributed by atoms with Crippen molar-refractivity contribution in [2.75, 3.05) is 13.2 Å². The molecule has 8 aromatic rings. The van der Waals surface area contributed by atoms with Crippen molar-refractivity contribution in [2.45, 2.75) is 90.1 Å². The number of fused-ring (bicyclic) bond motifs is 2. The van der Waals surface area contributed by atoms with Crippen LogP contribution in [0.2, 0.25) is 0 Å². The molecule has 0 radical (unpaired) electrons. The summed E-state index contributed by atoms with van der Waals surface area (Å²) in [5.74, 6) is -1.74. The first-order chi connectivity index (χ1) is 34.0. The van der Waals surface area contributed by atoms with E-state index in [4.69, 9.17) is 18.9 Å². The van der Waals surface area contributed by atoms with E-state index in [0.717, 1.165) is 49.6 Å². The van der Waals surface area contributed by atoms with Crippen LogP contribution in [-0.4, -0.2) is 78.9 Å². The number of alkyl halides is 6. The Hall–Kier alpha value is -7.44. The fraction of sp³-hybridized carbons (Fsp3) is 0.296. The average molecular weight is 993 g/mol. The first kappa shape index (κ1) is 49.5. The molecule has 0 bridgehead atoms. The number of benzene rings is 4. The van der Waals surface area contributed by atoms with Crippen molar-refractivity contribution in [3.05, 3.63) is 131 Å². The van der Waals surface area contributed by atoms with Gasteiger partial charge in [-0.1, -0.05) is 12.1 Å². The fourth-order valence-corrected chi connectivity index (χ4v) is 9.39. The molecule has 0 saturated heterocycles. The molecular formula is C54H46F6N4O8. The zero-order valence-electron chi connectivity index (χ0n) is 39.6. The van der Waals surface area contributed by atoms with Crippen LogP contribution in [-0.2, 0) is 31.9 Å². The van der Waals surface area contributed by atoms with Gasteiger partial charge >= 0.3 is 24.3 Å². The minimum absolute atomic E-state index is 0.125. The molecule has 2 atom stereocenters. The molecule has 18 heteroatoms. The largest absolute Gasteiger partial charge is 0.493 e. The number of carboxylic acids is 2. The van der Waals surface area contributed by atoms with Gasteiger partial charge in [0.1, 0.15) is 11.5 Å². The van der Waals surface area contributed by atoms with Crippen LogP contribution in [0, 0.1) is 13.8 Å². The Labute approximate surface area is 407 Å². The van der Waals surface area contributed by atoms with Gasteiger partial charge in [-0.2, -0.15) is 26.3 Å². The van der Waals surface area contributed by atoms with E-state index in [1.807, 2.05) is 12.1 Å². The molecule has 2 aliphatic rings. The summed E-state index contributed by atoms with van der Waals surface area (Å²) in [4.78, 5) is 42.9. The Kier molecular flexibility index (Phi) is 12.6. The van der Waals surface area contributed by atoms with Crippen molar-refractivity contribution >= 4 is 55.6 Å². The lowest BCUT2D eigenvalue weighted by Gasteiger charge is -2.32. The Bertz CT molecular complexity index is 3240. The summed E-state index contributed by atoms with van der Waals surface area (Å²) in [6.45, 7) is 7.63. The maximum atomic E-state index is 13.7. The second kappa shape index (κ2) is 18.3. The van der Waals surface area contributed by atoms with Crippen molar-refractivity contribution in [3.63, 3.8) is 0 Å². The van der Waals surface area contributed by atoms with Crippen molar-refractivity contribution in [3.8, 4) is 33.8 Å². The maximum Gasteiger partial charge on any atom is 0.416 e. The molecule has 0 saturated carbocycles. The Morgan fingerprint density at radius 2 is 0.958 bits per heavy atom. The molecule has 2 N–H and O–H groups in total. The van der Waals surface area contributed by atoms with Gasteiger partial charge in [-0.15, -0.1) is 0 Å². The lowest BCUT2D eigenvalue weighted by Crippen LogP contribution is -2.44. The van der Waals surface area contributed by atoms with Crippen molar-refractivity contribution in [1.29, 1.82) is 0 Å². The number of aliphatic carboxylic acids is 2. The van der Waals surface area contributed by atoms with Crippen LogP contribution in [0.5, 0.6) is 11.5 Å². The van der Waals surface area contributed by atoms with Crippen LogP contribution < -0.4 is 9.47 Å². The Morgan fingerprint density at radius 1 is 0.569 bits per heavy atom. The van der Waals surface area contributed by atoms with Crippen LogP contribution >= 0.6 is 0 Å². The number of hydrogen-bond acceptors (Lipinski definition) is 10. The van der Waals surface area contributed by atoms with Crippen LogP contribution in [0.25, 0.3) is 65.9 Å². The zero-order valence-corrected chi connectivity index (χ0v) is 39.6. The normalized spacial score (nSPS) is 14.6. The molecule has 72 heavy (non-hydrogen) atoms. The monoisotopic (exact) mass is 992 g/mol. The Morgan fingerprint density at radius 3 is 1.32 bits per heavy atom. The molecule has 0 amide bonds. The summed E-state index contributed by atoms with van der Waals surface area (Å²) >= 11 is 0. The molecule has 0 unspecified atom stereocenters. The smallest absolute Gasteiger partial charge is 0.416 e. The zero-order chi connectivity index (χ0) is 51.7. The summed E-state index contributed by atoms with van der Waals surface area (Å²) in [5, 5.41) is 23.0. The van der Waals surface area contributed by atoms with E-state index < -0.39 is 47.7 Å². The van der Waals surface area contributed by atoms with Crippen LogP contribution in [0.4, 0.5) is 26.3 Å². The highest BCUT2D eigenvalue weighted by atomic mass is 19.4. The highest BCUT2D eigenvalue weighted by Crippen LogP contribution is 2.48. The van der Waals surface area contributed by atoms with Gasteiger partial charge in [0.25, 0.3) is 0 Å². The summed E-state index contributed by atoms with van der Waals surface area (Å²) in [7, 11) is 0. The standard InChI is InChI=1S/2C27H23F3N2O4/c2*1-14-13-18-16(5-4-10-31-18)22(20(14)24(25(33)34)36-26(2,3)27(28,29)30)17-6-7-19-21-15(9-12-35-19)8-11-32-23(17)21/h2*4-8,10-11,13,24H,9,12H2,1-3H3,(H,33,34)/t2*24-/m10/s1. The van der Waals surface area contributed by atoms with Crippen molar-refractivity contribution in [2.24, 2.45) is 0 Å². The molecule has 0 spiro atoms. The third-order valence-corrected chi connectivity index (χ3v) is 13.2. The third kappa shape index (κ3) is 8.75. The first-order valence-corrected chi connectivity index (χ1v) is 22.8. The number of hydrogen-bond donors (Lipinski definition) is 2. The predicted molar refractivity (Wildman–Crippen MR) is 256 cm³/mol. The minimum atomic E-state index is -4.79. The number of aryl methyl sites for hydroxylation is 2. The van der Waals surface area contributed by atoms with E-state index in [-0.39, 0.29) is 11.1 Å². The quantitative estimate of drug-likeness (QED) is 0.125. The van der Waals surface area contributed by atoms with Crippen molar-refractivity contribution in [1.82, 2.24) is 19.9 Å². The van der Waals surface area contributed by atoms with E-state index in [9.17, 15) is 46.1 Å².